The van der Waals surface area contributed by atoms with Crippen LogP contribution in [0.15, 0.2) is 6.20 Å². The smallest absolute Gasteiger partial charge is 0.223 e. The van der Waals surface area contributed by atoms with Crippen molar-refractivity contribution in [2.24, 2.45) is 7.05 Å². The normalized spacial score (nSPS) is 16.9. The molecule has 20 heavy (non-hydrogen) atoms. The quantitative estimate of drug-likeness (QED) is 0.829. The summed E-state index contributed by atoms with van der Waals surface area (Å²) in [6.45, 7) is 1.63. The molecule has 0 aromatic carbocycles. The second-order valence-corrected chi connectivity index (χ2v) is 5.63. The molecule has 6 heteroatoms. The SMILES string of the molecule is CN(C)C1CCN(C(=O)CCc2ncc(F)n2C)CC1. The number of amides is 1. The topological polar surface area (TPSA) is 41.4 Å². The lowest BCUT2D eigenvalue weighted by atomic mass is 10.0. The number of carbonyl (C=O) groups is 1. The third-order valence-corrected chi connectivity index (χ3v) is 4.14. The number of imidazole rings is 1. The average Bonchev–Trinajstić information content (AvgIpc) is 2.76. The van der Waals surface area contributed by atoms with E-state index in [0.29, 0.717) is 24.7 Å². The van der Waals surface area contributed by atoms with Crippen LogP contribution in [0.1, 0.15) is 25.1 Å². The highest BCUT2D eigenvalue weighted by molar-refractivity contribution is 5.76. The molecule has 1 aromatic heterocycles. The number of halogens is 1. The standard InChI is InChI=1S/C14H23FN4O/c1-17(2)11-6-8-19(9-7-11)14(20)5-4-13-16-10-12(15)18(13)3/h10-11H,4-9H2,1-3H3. The van der Waals surface area contributed by atoms with Crippen LogP contribution >= 0.6 is 0 Å². The van der Waals surface area contributed by atoms with E-state index in [2.05, 4.69) is 24.0 Å². The Morgan fingerprint density at radius 1 is 1.45 bits per heavy atom. The minimum atomic E-state index is -0.362. The molecular weight excluding hydrogens is 259 g/mol. The van der Waals surface area contributed by atoms with Crippen LogP contribution in [0.5, 0.6) is 0 Å². The van der Waals surface area contributed by atoms with Crippen molar-refractivity contribution in [2.75, 3.05) is 27.2 Å². The van der Waals surface area contributed by atoms with Crippen LogP contribution in [-0.4, -0.2) is 58.5 Å². The molecule has 2 rings (SSSR count). The first kappa shape index (κ1) is 15.0. The maximum atomic E-state index is 13.1. The maximum absolute atomic E-state index is 13.1. The molecule has 112 valence electrons. The first-order valence-electron chi connectivity index (χ1n) is 7.09. The van der Waals surface area contributed by atoms with Crippen molar-refractivity contribution < 1.29 is 9.18 Å². The molecule has 0 bridgehead atoms. The first-order chi connectivity index (χ1) is 9.49. The molecule has 0 aliphatic carbocycles. The van der Waals surface area contributed by atoms with E-state index >= 15 is 0 Å². The van der Waals surface area contributed by atoms with Gasteiger partial charge in [-0.15, -0.1) is 0 Å². The van der Waals surface area contributed by atoms with Gasteiger partial charge in [0.15, 0.2) is 0 Å². The summed E-state index contributed by atoms with van der Waals surface area (Å²) < 4.78 is 14.5. The van der Waals surface area contributed by atoms with Gasteiger partial charge < -0.3 is 14.4 Å². The summed E-state index contributed by atoms with van der Waals surface area (Å²) in [5.41, 5.74) is 0. The van der Waals surface area contributed by atoms with Crippen molar-refractivity contribution in [3.63, 3.8) is 0 Å². The molecule has 1 aromatic rings. The second-order valence-electron chi connectivity index (χ2n) is 5.63. The monoisotopic (exact) mass is 282 g/mol. The predicted molar refractivity (Wildman–Crippen MR) is 74.8 cm³/mol. The highest BCUT2D eigenvalue weighted by atomic mass is 19.1. The average molecular weight is 282 g/mol. The lowest BCUT2D eigenvalue weighted by Crippen LogP contribution is -2.44. The third kappa shape index (κ3) is 3.36. The van der Waals surface area contributed by atoms with Crippen molar-refractivity contribution >= 4 is 5.91 Å². The largest absolute Gasteiger partial charge is 0.343 e. The van der Waals surface area contributed by atoms with Gasteiger partial charge in [-0.05, 0) is 26.9 Å². The van der Waals surface area contributed by atoms with Crippen LogP contribution in [-0.2, 0) is 18.3 Å². The van der Waals surface area contributed by atoms with Crippen molar-refractivity contribution in [1.29, 1.82) is 0 Å². The minimum Gasteiger partial charge on any atom is -0.343 e. The maximum Gasteiger partial charge on any atom is 0.223 e. The molecule has 0 unspecified atom stereocenters. The third-order valence-electron chi connectivity index (χ3n) is 4.14. The summed E-state index contributed by atoms with van der Waals surface area (Å²) >= 11 is 0. The zero-order chi connectivity index (χ0) is 14.7. The summed E-state index contributed by atoms with van der Waals surface area (Å²) in [6.07, 6.45) is 4.14. The molecule has 1 fully saturated rings. The molecule has 0 saturated carbocycles. The molecule has 0 spiro atoms. The van der Waals surface area contributed by atoms with Gasteiger partial charge in [-0.3, -0.25) is 4.79 Å². The fraction of sp³-hybridized carbons (Fsp3) is 0.714. The Morgan fingerprint density at radius 2 is 2.10 bits per heavy atom. The molecule has 1 amide bonds. The Bertz CT molecular complexity index is 464. The van der Waals surface area contributed by atoms with Crippen LogP contribution in [0, 0.1) is 5.95 Å². The van der Waals surface area contributed by atoms with Gasteiger partial charge in [-0.1, -0.05) is 0 Å². The van der Waals surface area contributed by atoms with Gasteiger partial charge in [0, 0.05) is 39.0 Å². The molecule has 0 N–H and O–H groups in total. The molecule has 0 atom stereocenters. The summed E-state index contributed by atoms with van der Waals surface area (Å²) in [6, 6.07) is 0.572. The molecule has 0 radical (unpaired) electrons. The fourth-order valence-corrected chi connectivity index (χ4v) is 2.67. The van der Waals surface area contributed by atoms with Crippen molar-refractivity contribution in [3.8, 4) is 0 Å². The van der Waals surface area contributed by atoms with Gasteiger partial charge in [0.2, 0.25) is 11.9 Å². The van der Waals surface area contributed by atoms with E-state index in [1.165, 1.54) is 10.8 Å². The van der Waals surface area contributed by atoms with Crippen LogP contribution in [0.3, 0.4) is 0 Å². The van der Waals surface area contributed by atoms with E-state index in [9.17, 15) is 9.18 Å². The number of likely N-dealkylation sites (tertiary alicyclic amines) is 1. The lowest BCUT2D eigenvalue weighted by molar-refractivity contribution is -0.132. The van der Waals surface area contributed by atoms with Gasteiger partial charge in [0.25, 0.3) is 0 Å². The van der Waals surface area contributed by atoms with E-state index in [-0.39, 0.29) is 11.9 Å². The Labute approximate surface area is 119 Å². The number of aromatic nitrogens is 2. The lowest BCUT2D eigenvalue weighted by Gasteiger charge is -2.35. The van der Waals surface area contributed by atoms with Crippen LogP contribution in [0.4, 0.5) is 4.39 Å². The molecule has 1 saturated heterocycles. The number of carbonyl (C=O) groups excluding carboxylic acids is 1. The highest BCUT2D eigenvalue weighted by Gasteiger charge is 2.23. The molecule has 5 nitrogen and oxygen atoms in total. The van der Waals surface area contributed by atoms with E-state index in [1.54, 1.807) is 7.05 Å². The Balaban J connectivity index is 1.80. The van der Waals surface area contributed by atoms with E-state index in [1.807, 2.05) is 4.90 Å². The fourth-order valence-electron chi connectivity index (χ4n) is 2.67. The van der Waals surface area contributed by atoms with Crippen LogP contribution in [0.2, 0.25) is 0 Å². The molecule has 1 aliphatic heterocycles. The van der Waals surface area contributed by atoms with Crippen molar-refractivity contribution in [1.82, 2.24) is 19.4 Å². The number of aryl methyl sites for hydroxylation is 1. The number of piperidine rings is 1. The van der Waals surface area contributed by atoms with Gasteiger partial charge in [-0.25, -0.2) is 4.98 Å². The summed E-state index contributed by atoms with van der Waals surface area (Å²) in [7, 11) is 5.79. The summed E-state index contributed by atoms with van der Waals surface area (Å²) in [4.78, 5) is 20.3. The van der Waals surface area contributed by atoms with Crippen LogP contribution < -0.4 is 0 Å². The molecular formula is C14H23FN4O. The van der Waals surface area contributed by atoms with E-state index < -0.39 is 0 Å². The van der Waals surface area contributed by atoms with Gasteiger partial charge in [-0.2, -0.15) is 4.39 Å². The molecule has 2 heterocycles. The Hall–Kier alpha value is -1.43. The molecule has 1 aliphatic rings. The number of hydrogen-bond acceptors (Lipinski definition) is 3. The van der Waals surface area contributed by atoms with Gasteiger partial charge in [0.1, 0.15) is 5.82 Å². The summed E-state index contributed by atoms with van der Waals surface area (Å²) in [5.74, 6) is 0.406. The summed E-state index contributed by atoms with van der Waals surface area (Å²) in [5, 5.41) is 0. The zero-order valence-corrected chi connectivity index (χ0v) is 12.5. The Morgan fingerprint density at radius 3 is 2.60 bits per heavy atom. The highest BCUT2D eigenvalue weighted by Crippen LogP contribution is 2.15. The minimum absolute atomic E-state index is 0.144. The van der Waals surface area contributed by atoms with E-state index in [0.717, 1.165) is 25.9 Å². The number of hydrogen-bond donors (Lipinski definition) is 0. The Kier molecular flexibility index (Phi) is 4.75. The van der Waals surface area contributed by atoms with E-state index in [4.69, 9.17) is 0 Å². The van der Waals surface area contributed by atoms with Gasteiger partial charge >= 0.3 is 0 Å². The zero-order valence-electron chi connectivity index (χ0n) is 12.5. The predicted octanol–water partition coefficient (Wildman–Crippen LogP) is 1.04. The number of rotatable bonds is 4. The second kappa shape index (κ2) is 6.35. The van der Waals surface area contributed by atoms with Crippen molar-refractivity contribution in [3.05, 3.63) is 18.0 Å². The van der Waals surface area contributed by atoms with Gasteiger partial charge in [0.05, 0.1) is 6.20 Å². The number of nitrogens with zero attached hydrogens (tertiary/aromatic N) is 4. The first-order valence-corrected chi connectivity index (χ1v) is 7.09. The van der Waals surface area contributed by atoms with Crippen molar-refractivity contribution in [2.45, 2.75) is 31.7 Å². The van der Waals surface area contributed by atoms with Crippen LogP contribution in [0.25, 0.3) is 0 Å².